The number of carbonyl (C=O) groups is 2. The summed E-state index contributed by atoms with van der Waals surface area (Å²) in [5.41, 5.74) is 2.78. The summed E-state index contributed by atoms with van der Waals surface area (Å²) in [7, 11) is 0. The predicted molar refractivity (Wildman–Crippen MR) is 96.4 cm³/mol. The fraction of sp³-hybridized carbons (Fsp3) is 0. The standard InChI is InChI=1S/C20H16N2O2.Ni/c23-19-11-5-1-7-15(19)13-21-17-9-3-4-10-18(17)22-14-16-8-2-6-12-20(16)24;/h1-14,21-22H;/b15-13-,16-14-;. The van der Waals surface area contributed by atoms with Crippen LogP contribution in [0.5, 0.6) is 0 Å². The van der Waals surface area contributed by atoms with E-state index >= 15 is 0 Å². The van der Waals surface area contributed by atoms with Gasteiger partial charge in [-0.15, -0.1) is 0 Å². The predicted octanol–water partition coefficient (Wildman–Crippen LogP) is 3.67. The summed E-state index contributed by atoms with van der Waals surface area (Å²) in [5.74, 6) is -0.0791. The summed E-state index contributed by atoms with van der Waals surface area (Å²) in [6.45, 7) is 0. The molecule has 0 spiro atoms. The molecule has 3 rings (SSSR count). The third-order valence-corrected chi connectivity index (χ3v) is 3.53. The molecule has 0 heterocycles. The van der Waals surface area contributed by atoms with Crippen molar-refractivity contribution >= 4 is 22.9 Å². The van der Waals surface area contributed by atoms with E-state index in [4.69, 9.17) is 0 Å². The van der Waals surface area contributed by atoms with Gasteiger partial charge in [-0.25, -0.2) is 0 Å². The number of ketones is 2. The van der Waals surface area contributed by atoms with E-state index in [9.17, 15) is 9.59 Å². The molecule has 2 N–H and O–H groups in total. The van der Waals surface area contributed by atoms with Crippen molar-refractivity contribution < 1.29 is 26.1 Å². The number of carbonyl (C=O) groups excluding carboxylic acids is 2. The van der Waals surface area contributed by atoms with E-state index in [1.807, 2.05) is 36.4 Å². The van der Waals surface area contributed by atoms with Crippen molar-refractivity contribution in [1.82, 2.24) is 0 Å². The molecule has 1 aromatic carbocycles. The van der Waals surface area contributed by atoms with Crippen LogP contribution in [0.25, 0.3) is 0 Å². The number of nitrogens with one attached hydrogen (secondary N) is 2. The Balaban J connectivity index is 0.00000225. The molecular weight excluding hydrogens is 359 g/mol. The topological polar surface area (TPSA) is 58.2 Å². The van der Waals surface area contributed by atoms with Crippen LogP contribution in [0.3, 0.4) is 0 Å². The molecule has 2 aliphatic rings. The number of para-hydroxylation sites is 2. The first kappa shape index (κ1) is 18.4. The van der Waals surface area contributed by atoms with Gasteiger partial charge in [0, 0.05) is 40.0 Å². The smallest absolute Gasteiger partial charge is 0.187 e. The molecular formula is C20H16N2NiO2. The Labute approximate surface area is 156 Å². The van der Waals surface area contributed by atoms with E-state index in [1.165, 1.54) is 12.2 Å². The zero-order valence-electron chi connectivity index (χ0n) is 13.2. The molecule has 1 aromatic rings. The Morgan fingerprint density at radius 2 is 1.04 bits per heavy atom. The van der Waals surface area contributed by atoms with Crippen LogP contribution in [0.1, 0.15) is 0 Å². The fourth-order valence-electron chi connectivity index (χ4n) is 2.25. The van der Waals surface area contributed by atoms with Crippen molar-refractivity contribution in [3.05, 3.63) is 96.4 Å². The quantitative estimate of drug-likeness (QED) is 0.623. The van der Waals surface area contributed by atoms with Crippen molar-refractivity contribution in [2.24, 2.45) is 0 Å². The van der Waals surface area contributed by atoms with E-state index in [0.717, 1.165) is 11.4 Å². The third-order valence-electron chi connectivity index (χ3n) is 3.53. The number of hydrogen-bond acceptors (Lipinski definition) is 4. The van der Waals surface area contributed by atoms with Crippen molar-refractivity contribution in [2.75, 3.05) is 10.6 Å². The maximum atomic E-state index is 11.7. The van der Waals surface area contributed by atoms with Crippen LogP contribution >= 0.6 is 0 Å². The van der Waals surface area contributed by atoms with Gasteiger partial charge in [0.05, 0.1) is 11.4 Å². The third kappa shape index (κ3) is 4.78. The van der Waals surface area contributed by atoms with Crippen molar-refractivity contribution in [1.29, 1.82) is 0 Å². The molecule has 0 saturated carbocycles. The van der Waals surface area contributed by atoms with Crippen LogP contribution in [0.4, 0.5) is 11.4 Å². The van der Waals surface area contributed by atoms with Gasteiger partial charge in [-0.1, -0.05) is 36.4 Å². The summed E-state index contributed by atoms with van der Waals surface area (Å²) in [6, 6.07) is 7.57. The van der Waals surface area contributed by atoms with E-state index in [2.05, 4.69) is 10.6 Å². The first-order valence-corrected chi connectivity index (χ1v) is 7.54. The first-order chi connectivity index (χ1) is 11.7. The van der Waals surface area contributed by atoms with E-state index in [0.29, 0.717) is 11.1 Å². The van der Waals surface area contributed by atoms with E-state index in [-0.39, 0.29) is 28.1 Å². The SMILES string of the molecule is O=C1C=CC=C/C1=C/Nc1ccccc1N/C=C1/C=CC=CC1=O.[Ni]. The van der Waals surface area contributed by atoms with Crippen LogP contribution < -0.4 is 10.6 Å². The van der Waals surface area contributed by atoms with Crippen LogP contribution in [-0.2, 0) is 26.1 Å². The maximum absolute atomic E-state index is 11.7. The largest absolute Gasteiger partial charge is 0.359 e. The van der Waals surface area contributed by atoms with Crippen molar-refractivity contribution in [3.63, 3.8) is 0 Å². The number of rotatable bonds is 4. The second-order valence-corrected chi connectivity index (χ2v) is 5.20. The molecule has 0 amide bonds. The Bertz CT molecular complexity index is 787. The number of anilines is 2. The summed E-state index contributed by atoms with van der Waals surface area (Å²) in [5, 5.41) is 6.27. The average Bonchev–Trinajstić information content (AvgIpc) is 2.61. The minimum absolute atomic E-state index is 0. The van der Waals surface area contributed by atoms with E-state index in [1.54, 1.807) is 36.7 Å². The van der Waals surface area contributed by atoms with Gasteiger partial charge in [-0.05, 0) is 36.4 Å². The number of hydrogen-bond donors (Lipinski definition) is 2. The van der Waals surface area contributed by atoms with Gasteiger partial charge in [0.25, 0.3) is 0 Å². The number of benzene rings is 1. The number of allylic oxidation sites excluding steroid dienone is 10. The zero-order valence-corrected chi connectivity index (χ0v) is 14.2. The summed E-state index contributed by atoms with van der Waals surface area (Å²) < 4.78 is 0. The summed E-state index contributed by atoms with van der Waals surface area (Å²) in [4.78, 5) is 23.5. The van der Waals surface area contributed by atoms with Gasteiger partial charge >= 0.3 is 0 Å². The maximum Gasteiger partial charge on any atom is 0.187 e. The van der Waals surface area contributed by atoms with Crippen molar-refractivity contribution in [3.8, 4) is 0 Å². The molecule has 0 fully saturated rings. The molecule has 4 nitrogen and oxygen atoms in total. The van der Waals surface area contributed by atoms with Crippen molar-refractivity contribution in [2.45, 2.75) is 0 Å². The average molecular weight is 375 g/mol. The van der Waals surface area contributed by atoms with Gasteiger partial charge < -0.3 is 10.6 Å². The molecule has 0 atom stereocenters. The molecule has 5 heteroatoms. The minimum atomic E-state index is -0.0396. The molecule has 2 aliphatic carbocycles. The second kappa shape index (κ2) is 8.81. The van der Waals surface area contributed by atoms with Gasteiger partial charge in [-0.2, -0.15) is 0 Å². The summed E-state index contributed by atoms with van der Waals surface area (Å²) in [6.07, 6.45) is 17.0. The molecule has 0 bridgehead atoms. The second-order valence-electron chi connectivity index (χ2n) is 5.20. The molecule has 0 saturated heterocycles. The van der Waals surface area contributed by atoms with Gasteiger partial charge in [0.2, 0.25) is 0 Å². The minimum Gasteiger partial charge on any atom is -0.359 e. The van der Waals surface area contributed by atoms with Gasteiger partial charge in [-0.3, -0.25) is 9.59 Å². The molecule has 0 aliphatic heterocycles. The molecule has 25 heavy (non-hydrogen) atoms. The van der Waals surface area contributed by atoms with Crippen LogP contribution in [0.2, 0.25) is 0 Å². The van der Waals surface area contributed by atoms with Gasteiger partial charge in [0.15, 0.2) is 11.6 Å². The molecule has 128 valence electrons. The Hall–Kier alpha value is -2.91. The monoisotopic (exact) mass is 374 g/mol. The Morgan fingerprint density at radius 3 is 1.44 bits per heavy atom. The normalized spacial score (nSPS) is 18.6. The van der Waals surface area contributed by atoms with E-state index < -0.39 is 0 Å². The van der Waals surface area contributed by atoms with Crippen LogP contribution in [0, 0.1) is 0 Å². The van der Waals surface area contributed by atoms with Crippen LogP contribution in [-0.4, -0.2) is 11.6 Å². The molecule has 0 radical (unpaired) electrons. The van der Waals surface area contributed by atoms with Crippen LogP contribution in [0.15, 0.2) is 96.4 Å². The van der Waals surface area contributed by atoms with Gasteiger partial charge in [0.1, 0.15) is 0 Å². The first-order valence-electron chi connectivity index (χ1n) is 7.54. The molecule has 0 unspecified atom stereocenters. The summed E-state index contributed by atoms with van der Waals surface area (Å²) >= 11 is 0. The Morgan fingerprint density at radius 1 is 0.640 bits per heavy atom. The Kier molecular flexibility index (Phi) is 6.49. The fourth-order valence-corrected chi connectivity index (χ4v) is 2.25. The molecule has 0 aromatic heterocycles. The zero-order chi connectivity index (χ0) is 16.8.